The number of unbranched alkanes of at least 4 members (excludes halogenated alkanes) is 1. The molecule has 0 bridgehead atoms. The highest BCUT2D eigenvalue weighted by Gasteiger charge is 2.38. The second-order valence-corrected chi connectivity index (χ2v) is 5.72. The van der Waals surface area contributed by atoms with Crippen molar-refractivity contribution in [3.8, 4) is 5.75 Å². The van der Waals surface area contributed by atoms with Gasteiger partial charge in [0.1, 0.15) is 16.8 Å². The van der Waals surface area contributed by atoms with Gasteiger partial charge in [-0.25, -0.2) is 4.68 Å². The van der Waals surface area contributed by atoms with Crippen molar-refractivity contribution >= 4 is 11.0 Å². The van der Waals surface area contributed by atoms with E-state index in [9.17, 15) is 13.2 Å². The minimum atomic E-state index is -4.51. The normalized spacial score (nSPS) is 15.5. The molecule has 1 aromatic heterocycles. The standard InChI is InChI=1S/C15H18F3N3O/c1-2-3-8-22-12-7-6-11-14(13(12)15(16,17)18)19-20-21(11)9-10-4-5-10/h6-7,10H,2-5,8-9H2,1H3. The topological polar surface area (TPSA) is 39.9 Å². The van der Waals surface area contributed by atoms with Crippen molar-refractivity contribution in [2.24, 2.45) is 5.92 Å². The summed E-state index contributed by atoms with van der Waals surface area (Å²) in [6, 6.07) is 3.00. The quantitative estimate of drug-likeness (QED) is 0.756. The number of hydrogen-bond acceptors (Lipinski definition) is 3. The van der Waals surface area contributed by atoms with Crippen molar-refractivity contribution in [2.75, 3.05) is 6.61 Å². The van der Waals surface area contributed by atoms with Gasteiger partial charge in [0.15, 0.2) is 0 Å². The molecule has 7 heteroatoms. The van der Waals surface area contributed by atoms with Crippen LogP contribution in [-0.4, -0.2) is 21.6 Å². The van der Waals surface area contributed by atoms with E-state index in [-0.39, 0.29) is 17.9 Å². The van der Waals surface area contributed by atoms with Crippen LogP contribution in [0.1, 0.15) is 38.2 Å². The number of halogens is 3. The molecule has 4 nitrogen and oxygen atoms in total. The highest BCUT2D eigenvalue weighted by molar-refractivity contribution is 5.81. The maximum absolute atomic E-state index is 13.4. The summed E-state index contributed by atoms with van der Waals surface area (Å²) in [6.45, 7) is 2.85. The number of aromatic nitrogens is 3. The maximum Gasteiger partial charge on any atom is 0.422 e. The highest BCUT2D eigenvalue weighted by Crippen LogP contribution is 2.41. The van der Waals surface area contributed by atoms with Crippen LogP contribution in [0.4, 0.5) is 13.2 Å². The minimum Gasteiger partial charge on any atom is -0.493 e. The molecule has 0 unspecified atom stereocenters. The first-order chi connectivity index (χ1) is 10.5. The number of rotatable bonds is 6. The minimum absolute atomic E-state index is 0.123. The first kappa shape index (κ1) is 15.1. The summed E-state index contributed by atoms with van der Waals surface area (Å²) in [5, 5.41) is 7.67. The predicted octanol–water partition coefficient (Wildman–Crippen LogP) is 4.04. The number of ether oxygens (including phenoxy) is 1. The number of alkyl halides is 3. The van der Waals surface area contributed by atoms with Gasteiger partial charge in [0.25, 0.3) is 0 Å². The largest absolute Gasteiger partial charge is 0.493 e. The average Bonchev–Trinajstić information content (AvgIpc) is 3.18. The summed E-state index contributed by atoms with van der Waals surface area (Å²) in [5.74, 6) is 0.353. The molecule has 1 heterocycles. The highest BCUT2D eigenvalue weighted by atomic mass is 19.4. The Hall–Kier alpha value is -1.79. The molecule has 0 atom stereocenters. The molecule has 2 aromatic rings. The smallest absolute Gasteiger partial charge is 0.422 e. The van der Waals surface area contributed by atoms with Gasteiger partial charge < -0.3 is 4.74 Å². The zero-order valence-electron chi connectivity index (χ0n) is 12.4. The molecule has 0 radical (unpaired) electrons. The molecule has 120 valence electrons. The summed E-state index contributed by atoms with van der Waals surface area (Å²) >= 11 is 0. The first-order valence-corrected chi connectivity index (χ1v) is 7.57. The van der Waals surface area contributed by atoms with E-state index in [2.05, 4.69) is 10.3 Å². The number of hydrogen-bond donors (Lipinski definition) is 0. The summed E-state index contributed by atoms with van der Waals surface area (Å²) in [4.78, 5) is 0. The Balaban J connectivity index is 2.00. The molecule has 1 aliphatic rings. The van der Waals surface area contributed by atoms with Crippen LogP contribution in [0.5, 0.6) is 5.75 Å². The van der Waals surface area contributed by atoms with Crippen LogP contribution < -0.4 is 4.74 Å². The van der Waals surface area contributed by atoms with E-state index in [0.29, 0.717) is 24.4 Å². The Morgan fingerprint density at radius 3 is 2.73 bits per heavy atom. The van der Waals surface area contributed by atoms with Crippen molar-refractivity contribution < 1.29 is 17.9 Å². The third kappa shape index (κ3) is 3.03. The monoisotopic (exact) mass is 313 g/mol. The van der Waals surface area contributed by atoms with Gasteiger partial charge in [-0.2, -0.15) is 13.2 Å². The van der Waals surface area contributed by atoms with Gasteiger partial charge in [-0.05, 0) is 37.3 Å². The third-order valence-corrected chi connectivity index (χ3v) is 3.82. The molecular weight excluding hydrogens is 295 g/mol. The summed E-state index contributed by atoms with van der Waals surface area (Å²) in [6.07, 6.45) is -0.732. The Morgan fingerprint density at radius 1 is 1.32 bits per heavy atom. The lowest BCUT2D eigenvalue weighted by molar-refractivity contribution is -0.137. The van der Waals surface area contributed by atoms with Crippen molar-refractivity contribution in [3.05, 3.63) is 17.7 Å². The SMILES string of the molecule is CCCCOc1ccc2c(nnn2CC2CC2)c1C(F)(F)F. The summed E-state index contributed by atoms with van der Waals surface area (Å²) in [5.41, 5.74) is -0.521. The van der Waals surface area contributed by atoms with E-state index >= 15 is 0 Å². The molecule has 1 aromatic carbocycles. The third-order valence-electron chi connectivity index (χ3n) is 3.82. The average molecular weight is 313 g/mol. The molecule has 22 heavy (non-hydrogen) atoms. The van der Waals surface area contributed by atoms with E-state index < -0.39 is 11.7 Å². The molecule has 0 saturated heterocycles. The maximum atomic E-state index is 13.4. The zero-order chi connectivity index (χ0) is 15.7. The van der Waals surface area contributed by atoms with E-state index in [1.165, 1.54) is 6.07 Å². The van der Waals surface area contributed by atoms with E-state index in [1.807, 2.05) is 6.92 Å². The van der Waals surface area contributed by atoms with Gasteiger partial charge in [-0.3, -0.25) is 0 Å². The fourth-order valence-electron chi connectivity index (χ4n) is 2.42. The van der Waals surface area contributed by atoms with Crippen molar-refractivity contribution in [2.45, 2.75) is 45.3 Å². The van der Waals surface area contributed by atoms with Crippen LogP contribution in [0.2, 0.25) is 0 Å². The molecule has 3 rings (SSSR count). The number of nitrogens with zero attached hydrogens (tertiary/aromatic N) is 3. The zero-order valence-corrected chi connectivity index (χ0v) is 12.4. The Bertz CT molecular complexity index is 662. The van der Waals surface area contributed by atoms with Crippen molar-refractivity contribution in [1.82, 2.24) is 15.0 Å². The summed E-state index contributed by atoms with van der Waals surface area (Å²) < 4.78 is 47.1. The van der Waals surface area contributed by atoms with E-state index in [1.54, 1.807) is 10.7 Å². The Morgan fingerprint density at radius 2 is 2.09 bits per heavy atom. The second-order valence-electron chi connectivity index (χ2n) is 5.72. The first-order valence-electron chi connectivity index (χ1n) is 7.57. The number of fused-ring (bicyclic) bond motifs is 1. The molecule has 1 saturated carbocycles. The fraction of sp³-hybridized carbons (Fsp3) is 0.600. The molecule has 1 aliphatic carbocycles. The fourth-order valence-corrected chi connectivity index (χ4v) is 2.42. The van der Waals surface area contributed by atoms with Crippen molar-refractivity contribution in [1.29, 1.82) is 0 Å². The Labute approximate surface area is 126 Å². The predicted molar refractivity (Wildman–Crippen MR) is 75.7 cm³/mol. The van der Waals surface area contributed by atoms with Crippen LogP contribution in [-0.2, 0) is 12.7 Å². The molecule has 1 fully saturated rings. The second kappa shape index (κ2) is 5.78. The van der Waals surface area contributed by atoms with Crippen LogP contribution >= 0.6 is 0 Å². The molecule has 0 N–H and O–H groups in total. The van der Waals surface area contributed by atoms with Crippen LogP contribution in [0.3, 0.4) is 0 Å². The van der Waals surface area contributed by atoms with Crippen LogP contribution in [0.25, 0.3) is 11.0 Å². The van der Waals surface area contributed by atoms with E-state index in [0.717, 1.165) is 19.3 Å². The lowest BCUT2D eigenvalue weighted by Gasteiger charge is -2.14. The summed E-state index contributed by atoms with van der Waals surface area (Å²) in [7, 11) is 0. The van der Waals surface area contributed by atoms with Crippen molar-refractivity contribution in [3.63, 3.8) is 0 Å². The van der Waals surface area contributed by atoms with E-state index in [4.69, 9.17) is 4.74 Å². The van der Waals surface area contributed by atoms with Gasteiger partial charge in [0.05, 0.1) is 12.1 Å². The molecule has 0 aliphatic heterocycles. The van der Waals surface area contributed by atoms with Gasteiger partial charge >= 0.3 is 6.18 Å². The van der Waals surface area contributed by atoms with Gasteiger partial charge in [-0.15, -0.1) is 5.10 Å². The lowest BCUT2D eigenvalue weighted by Crippen LogP contribution is -2.10. The molecular formula is C15H18F3N3O. The van der Waals surface area contributed by atoms with Gasteiger partial charge in [-0.1, -0.05) is 18.6 Å². The molecule has 0 amide bonds. The number of benzene rings is 1. The van der Waals surface area contributed by atoms with Crippen LogP contribution in [0, 0.1) is 5.92 Å². The van der Waals surface area contributed by atoms with Crippen LogP contribution in [0.15, 0.2) is 12.1 Å². The van der Waals surface area contributed by atoms with Gasteiger partial charge in [0.2, 0.25) is 0 Å². The van der Waals surface area contributed by atoms with Gasteiger partial charge in [0, 0.05) is 6.54 Å². The lowest BCUT2D eigenvalue weighted by atomic mass is 10.1. The Kier molecular flexibility index (Phi) is 3.97. The molecule has 0 spiro atoms.